The van der Waals surface area contributed by atoms with Gasteiger partial charge in [0.15, 0.2) is 17.7 Å². The molecule has 124 valence electrons. The van der Waals surface area contributed by atoms with Crippen LogP contribution in [0.25, 0.3) is 11.0 Å². The maximum absolute atomic E-state index is 12.5. The van der Waals surface area contributed by atoms with Crippen LogP contribution in [0.2, 0.25) is 0 Å². The molecule has 1 aliphatic rings. The Labute approximate surface area is 133 Å². The third kappa shape index (κ3) is 3.46. The van der Waals surface area contributed by atoms with Crippen molar-refractivity contribution in [2.75, 3.05) is 19.9 Å². The fourth-order valence-electron chi connectivity index (χ4n) is 2.92. The smallest absolute Gasteiger partial charge is 0.318 e. The predicted molar refractivity (Wildman–Crippen MR) is 87.6 cm³/mol. The molecule has 1 aromatic heterocycles. The van der Waals surface area contributed by atoms with Crippen LogP contribution in [-0.4, -0.2) is 29.8 Å². The molecule has 1 aliphatic carbocycles. The SMILES string of the molecule is CP(C)(=O)OCCCc1n[n+](=O)c2cc3c(cc2n1[O-])CCC3. The van der Waals surface area contributed by atoms with E-state index in [9.17, 15) is 14.7 Å². The van der Waals surface area contributed by atoms with Gasteiger partial charge in [0, 0.05) is 25.8 Å². The molecule has 0 aliphatic heterocycles. The van der Waals surface area contributed by atoms with Gasteiger partial charge in [-0.1, -0.05) is 0 Å². The average molecular weight is 337 g/mol. The summed E-state index contributed by atoms with van der Waals surface area (Å²) in [7, 11) is -2.53. The first-order valence-corrected chi connectivity index (χ1v) is 10.2. The van der Waals surface area contributed by atoms with Gasteiger partial charge in [-0.05, 0) is 42.9 Å². The zero-order valence-corrected chi connectivity index (χ0v) is 14.2. The summed E-state index contributed by atoms with van der Waals surface area (Å²) in [4.78, 5) is 12.1. The molecule has 0 saturated carbocycles. The Morgan fingerprint density at radius 2 is 2.04 bits per heavy atom. The fourth-order valence-corrected chi connectivity index (χ4v) is 3.49. The Morgan fingerprint density at radius 3 is 2.74 bits per heavy atom. The molecule has 3 rings (SSSR count). The first kappa shape index (κ1) is 16.1. The van der Waals surface area contributed by atoms with Gasteiger partial charge in [0.1, 0.15) is 5.52 Å². The monoisotopic (exact) mass is 337 g/mol. The van der Waals surface area contributed by atoms with E-state index in [1.807, 2.05) is 6.07 Å². The van der Waals surface area contributed by atoms with Gasteiger partial charge in [-0.3, -0.25) is 4.57 Å². The molecular formula is C15H20N3O4P. The number of hydrogen-bond donors (Lipinski definition) is 0. The Morgan fingerprint density at radius 1 is 1.35 bits per heavy atom. The molecule has 0 amide bonds. The molecule has 7 nitrogen and oxygen atoms in total. The third-order valence-corrected chi connectivity index (χ3v) is 4.81. The van der Waals surface area contributed by atoms with Crippen molar-refractivity contribution in [1.82, 2.24) is 9.83 Å². The van der Waals surface area contributed by atoms with Crippen molar-refractivity contribution in [2.45, 2.75) is 32.1 Å². The van der Waals surface area contributed by atoms with Gasteiger partial charge in [0.25, 0.3) is 0 Å². The second-order valence-corrected chi connectivity index (χ2v) is 9.00. The lowest BCUT2D eigenvalue weighted by atomic mass is 10.1. The quantitative estimate of drug-likeness (QED) is 0.474. The standard InChI is InChI=1S/C15H20N3O4P/c1-23(2,21)22-8-4-7-15-16-18(20)14-10-12-6-3-5-11(12)9-13(14)17(15)19/h9-10H,3-8H2,1-2H3. The van der Waals surface area contributed by atoms with Crippen molar-refractivity contribution in [2.24, 2.45) is 0 Å². The largest absolute Gasteiger partial charge is 0.804 e. The highest BCUT2D eigenvalue weighted by Crippen LogP contribution is 2.37. The van der Waals surface area contributed by atoms with Gasteiger partial charge in [0.2, 0.25) is 0 Å². The summed E-state index contributed by atoms with van der Waals surface area (Å²) in [6.45, 7) is 3.36. The van der Waals surface area contributed by atoms with E-state index in [-0.39, 0.29) is 12.4 Å². The normalized spacial score (nSPS) is 14.3. The first-order valence-electron chi connectivity index (χ1n) is 7.72. The maximum atomic E-state index is 12.5. The van der Waals surface area contributed by atoms with Crippen LogP contribution in [0.5, 0.6) is 0 Å². The molecule has 2 aromatic rings. The third-order valence-electron chi connectivity index (χ3n) is 4.00. The molecule has 0 saturated heterocycles. The maximum Gasteiger partial charge on any atom is 0.318 e. The molecule has 0 unspecified atom stereocenters. The predicted octanol–water partition coefficient (Wildman–Crippen LogP) is 2.27. The molecule has 0 bridgehead atoms. The van der Waals surface area contributed by atoms with Crippen LogP contribution in [0.1, 0.15) is 29.8 Å². The summed E-state index contributed by atoms with van der Waals surface area (Å²) < 4.78 is 17.9. The van der Waals surface area contributed by atoms with Crippen LogP contribution in [0.3, 0.4) is 0 Å². The van der Waals surface area contributed by atoms with Gasteiger partial charge in [-0.15, -0.1) is 0 Å². The topological polar surface area (TPSA) is 90.2 Å². The van der Waals surface area contributed by atoms with Crippen LogP contribution in [0.15, 0.2) is 12.1 Å². The Bertz CT molecular complexity index is 856. The summed E-state index contributed by atoms with van der Waals surface area (Å²) in [6.07, 6.45) is 3.72. The lowest BCUT2D eigenvalue weighted by molar-refractivity contribution is -0.538. The van der Waals surface area contributed by atoms with E-state index >= 15 is 0 Å². The average Bonchev–Trinajstić information content (AvgIpc) is 2.93. The van der Waals surface area contributed by atoms with E-state index in [4.69, 9.17) is 4.52 Å². The second-order valence-electron chi connectivity index (χ2n) is 6.24. The van der Waals surface area contributed by atoms with Gasteiger partial charge in [-0.25, -0.2) is 0 Å². The molecule has 23 heavy (non-hydrogen) atoms. The second kappa shape index (κ2) is 6.06. The number of aromatic nitrogens is 3. The summed E-state index contributed by atoms with van der Waals surface area (Å²) in [6, 6.07) is 3.59. The van der Waals surface area contributed by atoms with Crippen molar-refractivity contribution in [1.29, 1.82) is 0 Å². The van der Waals surface area contributed by atoms with Gasteiger partial charge >= 0.3 is 5.52 Å². The van der Waals surface area contributed by atoms with Crippen molar-refractivity contribution in [3.63, 3.8) is 0 Å². The lowest BCUT2D eigenvalue weighted by Gasteiger charge is -2.16. The first-order chi connectivity index (χ1) is 10.8. The number of fused-ring (bicyclic) bond motifs is 2. The van der Waals surface area contributed by atoms with Crippen molar-refractivity contribution in [3.8, 4) is 0 Å². The Kier molecular flexibility index (Phi) is 4.25. The molecule has 0 N–H and O–H groups in total. The van der Waals surface area contributed by atoms with Crippen LogP contribution >= 0.6 is 7.37 Å². The summed E-state index contributed by atoms with van der Waals surface area (Å²) in [5, 5.41) is 16.3. The van der Waals surface area contributed by atoms with E-state index in [0.717, 1.165) is 35.1 Å². The number of aryl methyl sites for hydroxylation is 3. The summed E-state index contributed by atoms with van der Waals surface area (Å²) >= 11 is 0. The molecule has 0 spiro atoms. The number of hydrogen-bond acceptors (Lipinski definition) is 5. The summed E-state index contributed by atoms with van der Waals surface area (Å²) in [5.74, 6) is 0.163. The van der Waals surface area contributed by atoms with Gasteiger partial charge < -0.3 is 14.5 Å². The fraction of sp³-hybridized carbons (Fsp3) is 0.533. The number of rotatable bonds is 5. The van der Waals surface area contributed by atoms with E-state index in [2.05, 4.69) is 5.10 Å². The molecule has 8 heteroatoms. The number of nitrogens with zero attached hydrogens (tertiary/aromatic N) is 3. The van der Waals surface area contributed by atoms with Crippen molar-refractivity contribution < 1.29 is 13.6 Å². The van der Waals surface area contributed by atoms with Crippen LogP contribution in [-0.2, 0) is 28.4 Å². The minimum absolute atomic E-state index is 0.163. The van der Waals surface area contributed by atoms with Crippen LogP contribution < -0.4 is 4.54 Å². The minimum Gasteiger partial charge on any atom is -0.804 e. The number of benzene rings is 1. The zero-order chi connectivity index (χ0) is 16.6. The van der Waals surface area contributed by atoms with Crippen LogP contribution in [0, 0.1) is 10.1 Å². The van der Waals surface area contributed by atoms with Crippen molar-refractivity contribution in [3.05, 3.63) is 39.2 Å². The van der Waals surface area contributed by atoms with Crippen molar-refractivity contribution >= 4 is 18.4 Å². The zero-order valence-electron chi connectivity index (χ0n) is 13.3. The van der Waals surface area contributed by atoms with E-state index in [1.165, 1.54) is 0 Å². The molecule has 1 heterocycles. The van der Waals surface area contributed by atoms with Gasteiger partial charge in [0.05, 0.1) is 16.6 Å². The highest BCUT2D eigenvalue weighted by atomic mass is 31.2. The highest BCUT2D eigenvalue weighted by molar-refractivity contribution is 7.57. The molecule has 0 fully saturated rings. The Hall–Kier alpha value is -1.72. The van der Waals surface area contributed by atoms with E-state index in [0.29, 0.717) is 28.4 Å². The Balaban J connectivity index is 1.87. The summed E-state index contributed by atoms with van der Waals surface area (Å²) in [5.41, 5.74) is 2.95. The minimum atomic E-state index is -2.53. The molecule has 1 aromatic carbocycles. The molecule has 0 atom stereocenters. The lowest BCUT2D eigenvalue weighted by Crippen LogP contribution is -2.26. The van der Waals surface area contributed by atoms with Gasteiger partial charge in [-0.2, -0.15) is 0 Å². The molecular weight excluding hydrogens is 317 g/mol. The van der Waals surface area contributed by atoms with Crippen LogP contribution in [0.4, 0.5) is 0 Å². The van der Waals surface area contributed by atoms with E-state index < -0.39 is 7.37 Å². The van der Waals surface area contributed by atoms with E-state index in [1.54, 1.807) is 19.4 Å². The highest BCUT2D eigenvalue weighted by Gasteiger charge is 2.20. The molecule has 0 radical (unpaired) electrons.